The number of halogens is 1. The minimum atomic E-state index is -0.0298. The van der Waals surface area contributed by atoms with Gasteiger partial charge in [0.15, 0.2) is 0 Å². The molecule has 2 rings (SSSR count). The maximum atomic E-state index is 10.2. The Labute approximate surface area is 156 Å². The van der Waals surface area contributed by atoms with Gasteiger partial charge >= 0.3 is 0 Å². The summed E-state index contributed by atoms with van der Waals surface area (Å²) in [6.45, 7) is 4.43. The van der Waals surface area contributed by atoms with Crippen molar-refractivity contribution in [3.05, 3.63) is 57.6 Å². The molecule has 0 bridgehead atoms. The van der Waals surface area contributed by atoms with Crippen LogP contribution in [0.15, 0.2) is 40.9 Å². The second-order valence-electron chi connectivity index (χ2n) is 5.26. The van der Waals surface area contributed by atoms with E-state index in [1.165, 1.54) is 12.7 Å². The molecule has 128 valence electrons. The molecule has 0 aliphatic heterocycles. The Kier molecular flexibility index (Phi) is 6.60. The minimum Gasteiger partial charge on any atom is -0.489 e. The number of thiocarbonyl (C=S) groups is 1. The molecule has 0 atom stereocenters. The van der Waals surface area contributed by atoms with Gasteiger partial charge in [-0.2, -0.15) is 5.06 Å². The van der Waals surface area contributed by atoms with E-state index in [4.69, 9.17) is 21.7 Å². The molecular weight excluding hydrogens is 390 g/mol. The predicted molar refractivity (Wildman–Crippen MR) is 103 cm³/mol. The Morgan fingerprint density at radius 2 is 2.04 bits per heavy atom. The van der Waals surface area contributed by atoms with Crippen molar-refractivity contribution in [2.45, 2.75) is 26.9 Å². The van der Waals surface area contributed by atoms with Crippen LogP contribution in [0.5, 0.6) is 5.75 Å². The van der Waals surface area contributed by atoms with Gasteiger partial charge in [-0.3, -0.25) is 5.21 Å². The monoisotopic (exact) mass is 409 g/mol. The number of benzene rings is 2. The van der Waals surface area contributed by atoms with Gasteiger partial charge in [0.05, 0.1) is 12.8 Å². The largest absolute Gasteiger partial charge is 0.489 e. The molecule has 0 aliphatic rings. The molecule has 0 saturated heterocycles. The zero-order valence-corrected chi connectivity index (χ0v) is 16.3. The van der Waals surface area contributed by atoms with Crippen molar-refractivity contribution >= 4 is 39.0 Å². The summed E-state index contributed by atoms with van der Waals surface area (Å²) >= 11 is 8.49. The first kappa shape index (κ1) is 18.7. The van der Waals surface area contributed by atoms with Crippen molar-refractivity contribution in [3.8, 4) is 5.75 Å². The van der Waals surface area contributed by atoms with Crippen LogP contribution in [0.1, 0.15) is 23.6 Å². The lowest BCUT2D eigenvalue weighted by Crippen LogP contribution is -2.27. The molecule has 0 saturated carbocycles. The number of hydrogen-bond donors (Lipinski definition) is 1. The standard InChI is InChI=1S/C18H20BrNO3S/c1-4-13-8-9-17(12(2)10-13)23-11-14-15(19)6-5-7-16(14)20(21)18(24)22-3/h5-10,21H,4,11H2,1-3H3. The molecule has 0 unspecified atom stereocenters. The lowest BCUT2D eigenvalue weighted by Gasteiger charge is -2.21. The van der Waals surface area contributed by atoms with Crippen LogP contribution in [0.4, 0.5) is 5.69 Å². The molecule has 0 fully saturated rings. The lowest BCUT2D eigenvalue weighted by molar-refractivity contribution is 0.264. The average Bonchev–Trinajstić information content (AvgIpc) is 2.59. The minimum absolute atomic E-state index is 0.0298. The summed E-state index contributed by atoms with van der Waals surface area (Å²) in [5.41, 5.74) is 3.64. The van der Waals surface area contributed by atoms with Crippen molar-refractivity contribution < 1.29 is 14.7 Å². The van der Waals surface area contributed by atoms with Gasteiger partial charge in [0.25, 0.3) is 5.17 Å². The molecule has 0 amide bonds. The van der Waals surface area contributed by atoms with E-state index in [1.54, 1.807) is 6.07 Å². The highest BCUT2D eigenvalue weighted by atomic mass is 79.9. The molecule has 0 spiro atoms. The van der Waals surface area contributed by atoms with Crippen molar-refractivity contribution in [1.29, 1.82) is 0 Å². The number of hydroxylamine groups is 1. The van der Waals surface area contributed by atoms with Crippen LogP contribution in [0.3, 0.4) is 0 Å². The highest BCUT2D eigenvalue weighted by Crippen LogP contribution is 2.30. The van der Waals surface area contributed by atoms with Crippen LogP contribution >= 0.6 is 28.1 Å². The van der Waals surface area contributed by atoms with Crippen molar-refractivity contribution in [2.75, 3.05) is 12.2 Å². The lowest BCUT2D eigenvalue weighted by atomic mass is 10.1. The van der Waals surface area contributed by atoms with Crippen molar-refractivity contribution in [3.63, 3.8) is 0 Å². The Morgan fingerprint density at radius 3 is 2.67 bits per heavy atom. The summed E-state index contributed by atoms with van der Waals surface area (Å²) in [6.07, 6.45) is 0.990. The normalized spacial score (nSPS) is 10.4. The summed E-state index contributed by atoms with van der Waals surface area (Å²) in [6, 6.07) is 11.6. The summed E-state index contributed by atoms with van der Waals surface area (Å²) in [5.74, 6) is 0.813. The molecule has 2 aromatic carbocycles. The van der Waals surface area contributed by atoms with Crippen LogP contribution in [0.25, 0.3) is 0 Å². The molecule has 2 aromatic rings. The first-order valence-corrected chi connectivity index (χ1v) is 8.74. The van der Waals surface area contributed by atoms with Crippen LogP contribution < -0.4 is 9.80 Å². The van der Waals surface area contributed by atoms with E-state index in [0.29, 0.717) is 5.69 Å². The Balaban J connectivity index is 2.25. The van der Waals surface area contributed by atoms with Crippen LogP contribution in [-0.2, 0) is 17.8 Å². The third kappa shape index (κ3) is 4.26. The van der Waals surface area contributed by atoms with Gasteiger partial charge in [-0.1, -0.05) is 41.1 Å². The van der Waals surface area contributed by atoms with Crippen LogP contribution in [0, 0.1) is 6.92 Å². The Hall–Kier alpha value is -1.63. The molecule has 24 heavy (non-hydrogen) atoms. The number of hydrogen-bond acceptors (Lipinski definition) is 4. The molecule has 0 aliphatic carbocycles. The SMILES string of the molecule is CCc1ccc(OCc2c(Br)cccc2N(O)C(=S)OC)c(C)c1. The number of rotatable bonds is 5. The smallest absolute Gasteiger partial charge is 0.288 e. The number of ether oxygens (including phenoxy) is 2. The van der Waals surface area contributed by atoms with E-state index in [0.717, 1.165) is 32.8 Å². The van der Waals surface area contributed by atoms with Crippen molar-refractivity contribution in [1.82, 2.24) is 0 Å². The Bertz CT molecular complexity index is 736. The zero-order chi connectivity index (χ0) is 17.7. The third-order valence-corrected chi connectivity index (χ3v) is 4.77. The molecule has 0 radical (unpaired) electrons. The second kappa shape index (κ2) is 8.46. The number of methoxy groups -OCH3 is 1. The van der Waals surface area contributed by atoms with Gasteiger partial charge < -0.3 is 9.47 Å². The van der Waals surface area contributed by atoms with E-state index < -0.39 is 0 Å². The summed E-state index contributed by atoms with van der Waals surface area (Å²) in [7, 11) is 1.42. The highest BCUT2D eigenvalue weighted by molar-refractivity contribution is 9.10. The van der Waals surface area contributed by atoms with Crippen LogP contribution in [0.2, 0.25) is 0 Å². The van der Waals surface area contributed by atoms with E-state index in [9.17, 15) is 5.21 Å². The first-order valence-electron chi connectivity index (χ1n) is 7.54. The average molecular weight is 410 g/mol. The topological polar surface area (TPSA) is 41.9 Å². The fraction of sp³-hybridized carbons (Fsp3) is 0.278. The van der Waals surface area contributed by atoms with Crippen molar-refractivity contribution in [2.24, 2.45) is 0 Å². The highest BCUT2D eigenvalue weighted by Gasteiger charge is 2.17. The molecule has 0 aromatic heterocycles. The quantitative estimate of drug-likeness (QED) is 0.554. The molecular formula is C18H20BrNO3S. The number of anilines is 1. The fourth-order valence-corrected chi connectivity index (χ4v) is 2.89. The van der Waals surface area contributed by atoms with Gasteiger partial charge in [-0.05, 0) is 54.9 Å². The van der Waals surface area contributed by atoms with E-state index >= 15 is 0 Å². The van der Waals surface area contributed by atoms with Gasteiger partial charge in [-0.25, -0.2) is 0 Å². The molecule has 1 N–H and O–H groups in total. The molecule has 0 heterocycles. The fourth-order valence-electron chi connectivity index (χ4n) is 2.32. The van der Waals surface area contributed by atoms with E-state index in [2.05, 4.69) is 35.0 Å². The molecule has 6 heteroatoms. The van der Waals surface area contributed by atoms with Gasteiger partial charge in [-0.15, -0.1) is 0 Å². The van der Waals surface area contributed by atoms with Gasteiger partial charge in [0.2, 0.25) is 0 Å². The maximum absolute atomic E-state index is 10.2. The molecule has 4 nitrogen and oxygen atoms in total. The summed E-state index contributed by atoms with van der Waals surface area (Å²) in [4.78, 5) is 0. The predicted octanol–water partition coefficient (Wildman–Crippen LogP) is 5.03. The second-order valence-corrected chi connectivity index (χ2v) is 6.47. The first-order chi connectivity index (χ1) is 11.5. The van der Waals surface area contributed by atoms with Gasteiger partial charge in [0, 0.05) is 10.0 Å². The zero-order valence-electron chi connectivity index (χ0n) is 13.9. The third-order valence-electron chi connectivity index (χ3n) is 3.69. The summed E-state index contributed by atoms with van der Waals surface area (Å²) < 4.78 is 11.7. The van der Waals surface area contributed by atoms with Gasteiger partial charge in [0.1, 0.15) is 12.4 Å². The van der Waals surface area contributed by atoms with Crippen LogP contribution in [-0.4, -0.2) is 17.5 Å². The summed E-state index contributed by atoms with van der Waals surface area (Å²) in [5, 5.41) is 11.0. The maximum Gasteiger partial charge on any atom is 0.288 e. The number of nitrogens with zero attached hydrogens (tertiary/aromatic N) is 1. The Morgan fingerprint density at radius 1 is 1.29 bits per heavy atom. The number of aryl methyl sites for hydroxylation is 2. The van der Waals surface area contributed by atoms with E-state index in [-0.39, 0.29) is 11.8 Å². The van der Waals surface area contributed by atoms with E-state index in [1.807, 2.05) is 25.1 Å².